The van der Waals surface area contributed by atoms with E-state index in [1.54, 1.807) is 0 Å². The molecule has 0 bridgehead atoms. The van der Waals surface area contributed by atoms with E-state index in [0.29, 0.717) is 5.41 Å². The fourth-order valence-corrected chi connectivity index (χ4v) is 3.98. The third kappa shape index (κ3) is 2.74. The molecule has 3 heteroatoms. The van der Waals surface area contributed by atoms with E-state index in [4.69, 9.17) is 0 Å². The van der Waals surface area contributed by atoms with Gasteiger partial charge in [-0.2, -0.15) is 0 Å². The number of rotatable bonds is 1. The van der Waals surface area contributed by atoms with E-state index in [0.717, 1.165) is 3.39 Å². The largest absolute Gasteiger partial charge is 0.126 e. The first-order valence-electron chi connectivity index (χ1n) is 5.29. The van der Waals surface area contributed by atoms with Crippen LogP contribution in [-0.2, 0) is 5.41 Å². The number of fused-ring (bicyclic) bond motifs is 1. The van der Waals surface area contributed by atoms with Crippen molar-refractivity contribution >= 4 is 49.7 Å². The molecule has 86 valence electrons. The van der Waals surface area contributed by atoms with Crippen LogP contribution in [0.2, 0.25) is 0 Å². The Bertz CT molecular complexity index is 432. The van der Waals surface area contributed by atoms with E-state index >= 15 is 0 Å². The van der Waals surface area contributed by atoms with E-state index in [1.165, 1.54) is 28.2 Å². The highest BCUT2D eigenvalue weighted by atomic mass is 79.9. The predicted octanol–water partition coefficient (Wildman–Crippen LogP) is 5.55. The van der Waals surface area contributed by atoms with Crippen LogP contribution in [-0.4, -0.2) is 5.75 Å². The summed E-state index contributed by atoms with van der Waals surface area (Å²) in [5.41, 5.74) is 3.04. The van der Waals surface area contributed by atoms with Crippen LogP contribution in [0.1, 0.15) is 31.4 Å². The molecule has 1 heterocycles. The van der Waals surface area contributed by atoms with Crippen LogP contribution in [0.25, 0.3) is 6.08 Å². The van der Waals surface area contributed by atoms with Crippen LogP contribution in [0.5, 0.6) is 0 Å². The zero-order chi connectivity index (χ0) is 11.8. The van der Waals surface area contributed by atoms with Gasteiger partial charge in [-0.05, 0) is 72.7 Å². The molecule has 0 spiro atoms. The van der Waals surface area contributed by atoms with Crippen molar-refractivity contribution in [1.82, 2.24) is 0 Å². The molecular weight excluding hydrogens is 348 g/mol. The molecular formula is C13H14Br2S. The number of benzene rings is 1. The van der Waals surface area contributed by atoms with E-state index in [9.17, 15) is 0 Å². The highest BCUT2D eigenvalue weighted by molar-refractivity contribution is 9.28. The van der Waals surface area contributed by atoms with Crippen LogP contribution in [0.15, 0.2) is 26.5 Å². The zero-order valence-electron chi connectivity index (χ0n) is 9.39. The van der Waals surface area contributed by atoms with Crippen LogP contribution < -0.4 is 0 Å². The summed E-state index contributed by atoms with van der Waals surface area (Å²) in [5.74, 6) is 1.23. The Balaban J connectivity index is 2.47. The Kier molecular flexibility index (Phi) is 3.87. The molecule has 0 aromatic heterocycles. The first kappa shape index (κ1) is 12.7. The van der Waals surface area contributed by atoms with Crippen LogP contribution in [0.3, 0.4) is 0 Å². The lowest BCUT2D eigenvalue weighted by molar-refractivity contribution is 0.494. The third-order valence-corrected chi connectivity index (χ3v) is 4.53. The Labute approximate surface area is 118 Å². The van der Waals surface area contributed by atoms with Gasteiger partial charge in [-0.3, -0.25) is 0 Å². The van der Waals surface area contributed by atoms with E-state index in [-0.39, 0.29) is 0 Å². The molecule has 16 heavy (non-hydrogen) atoms. The van der Waals surface area contributed by atoms with Gasteiger partial charge in [-0.25, -0.2) is 0 Å². The van der Waals surface area contributed by atoms with Gasteiger partial charge in [0.15, 0.2) is 0 Å². The van der Waals surface area contributed by atoms with Gasteiger partial charge in [0.05, 0.1) is 3.39 Å². The fourth-order valence-electron chi connectivity index (χ4n) is 1.97. The molecule has 0 nitrogen and oxygen atoms in total. The predicted molar refractivity (Wildman–Crippen MR) is 80.6 cm³/mol. The van der Waals surface area contributed by atoms with Gasteiger partial charge >= 0.3 is 0 Å². The molecule has 0 saturated heterocycles. The second-order valence-electron chi connectivity index (χ2n) is 4.67. The molecule has 0 aliphatic carbocycles. The van der Waals surface area contributed by atoms with Gasteiger partial charge in [0.25, 0.3) is 0 Å². The number of hydrogen-bond donors (Lipinski definition) is 0. The average molecular weight is 362 g/mol. The minimum Gasteiger partial charge on any atom is -0.126 e. The summed E-state index contributed by atoms with van der Waals surface area (Å²) in [6.45, 7) is 4.67. The SMILES string of the molecule is CC1(C)CCSc2ccc(C=C(Br)Br)cc21. The normalized spacial score (nSPS) is 17.8. The molecule has 0 fully saturated rings. The van der Waals surface area contributed by atoms with Gasteiger partial charge in [-0.15, -0.1) is 11.8 Å². The molecule has 1 aliphatic heterocycles. The van der Waals surface area contributed by atoms with Crippen molar-refractivity contribution in [2.24, 2.45) is 0 Å². The minimum atomic E-state index is 0.309. The Hall–Kier alpha value is 0.270. The van der Waals surface area contributed by atoms with Crippen molar-refractivity contribution in [1.29, 1.82) is 0 Å². The van der Waals surface area contributed by atoms with Gasteiger partial charge in [0.1, 0.15) is 0 Å². The maximum atomic E-state index is 3.41. The van der Waals surface area contributed by atoms with Crippen molar-refractivity contribution in [2.45, 2.75) is 30.6 Å². The van der Waals surface area contributed by atoms with Crippen LogP contribution in [0.4, 0.5) is 0 Å². The maximum Gasteiger partial charge on any atom is 0.0610 e. The van der Waals surface area contributed by atoms with Crippen LogP contribution in [0, 0.1) is 0 Å². The molecule has 0 amide bonds. The summed E-state index contributed by atoms with van der Waals surface area (Å²) in [6.07, 6.45) is 3.35. The number of hydrogen-bond acceptors (Lipinski definition) is 1. The Morgan fingerprint density at radius 3 is 2.81 bits per heavy atom. The van der Waals surface area contributed by atoms with Gasteiger partial charge in [-0.1, -0.05) is 26.0 Å². The van der Waals surface area contributed by atoms with Crippen molar-refractivity contribution in [3.8, 4) is 0 Å². The summed E-state index contributed by atoms with van der Waals surface area (Å²) in [5, 5.41) is 0. The van der Waals surface area contributed by atoms with Crippen LogP contribution >= 0.6 is 43.6 Å². The monoisotopic (exact) mass is 360 g/mol. The molecule has 0 N–H and O–H groups in total. The van der Waals surface area contributed by atoms with E-state index in [2.05, 4.69) is 70.0 Å². The summed E-state index contributed by atoms with van der Waals surface area (Å²) < 4.78 is 0.987. The van der Waals surface area contributed by atoms with Gasteiger partial charge < -0.3 is 0 Å². The molecule has 1 aromatic carbocycles. The maximum absolute atomic E-state index is 3.41. The summed E-state index contributed by atoms with van der Waals surface area (Å²) >= 11 is 8.79. The molecule has 0 saturated carbocycles. The summed E-state index contributed by atoms with van der Waals surface area (Å²) in [7, 11) is 0. The van der Waals surface area contributed by atoms with E-state index < -0.39 is 0 Å². The molecule has 0 atom stereocenters. The highest BCUT2D eigenvalue weighted by Crippen LogP contribution is 2.42. The lowest BCUT2D eigenvalue weighted by Crippen LogP contribution is -2.22. The summed E-state index contributed by atoms with van der Waals surface area (Å²) in [6, 6.07) is 6.73. The number of halogens is 2. The zero-order valence-corrected chi connectivity index (χ0v) is 13.4. The smallest absolute Gasteiger partial charge is 0.0610 e. The average Bonchev–Trinajstić information content (AvgIpc) is 2.18. The summed E-state index contributed by atoms with van der Waals surface area (Å²) in [4.78, 5) is 1.44. The van der Waals surface area contributed by atoms with Gasteiger partial charge in [0, 0.05) is 4.90 Å². The quantitative estimate of drug-likeness (QED) is 0.632. The molecule has 0 radical (unpaired) electrons. The molecule has 0 unspecified atom stereocenters. The topological polar surface area (TPSA) is 0 Å². The third-order valence-electron chi connectivity index (χ3n) is 2.99. The number of thioether (sulfide) groups is 1. The van der Waals surface area contributed by atoms with Crippen molar-refractivity contribution in [3.05, 3.63) is 32.7 Å². The lowest BCUT2D eigenvalue weighted by atomic mass is 9.81. The van der Waals surface area contributed by atoms with Crippen molar-refractivity contribution in [3.63, 3.8) is 0 Å². The first-order valence-corrected chi connectivity index (χ1v) is 7.86. The molecule has 2 rings (SSSR count). The first-order chi connectivity index (χ1) is 7.49. The minimum absolute atomic E-state index is 0.309. The fraction of sp³-hybridized carbons (Fsp3) is 0.385. The second kappa shape index (κ2) is 4.87. The Morgan fingerprint density at radius 2 is 2.12 bits per heavy atom. The standard InChI is InChI=1S/C13H14Br2S/c1-13(2)5-6-16-11-4-3-9(7-10(11)13)8-12(14)15/h3-4,7-8H,5-6H2,1-2H3. The molecule has 1 aromatic rings. The van der Waals surface area contributed by atoms with Gasteiger partial charge in [0.2, 0.25) is 0 Å². The van der Waals surface area contributed by atoms with Crippen molar-refractivity contribution in [2.75, 3.05) is 5.75 Å². The lowest BCUT2D eigenvalue weighted by Gasteiger charge is -2.32. The second-order valence-corrected chi connectivity index (χ2v) is 8.58. The highest BCUT2D eigenvalue weighted by Gasteiger charge is 2.27. The Morgan fingerprint density at radius 1 is 1.38 bits per heavy atom. The molecule has 1 aliphatic rings. The van der Waals surface area contributed by atoms with Crippen molar-refractivity contribution < 1.29 is 0 Å². The van der Waals surface area contributed by atoms with E-state index in [1.807, 2.05) is 11.8 Å².